The Morgan fingerprint density at radius 1 is 0.962 bits per heavy atom. The summed E-state index contributed by atoms with van der Waals surface area (Å²) in [6, 6.07) is 12.9. The molecule has 6 rings (SSSR count). The summed E-state index contributed by atoms with van der Waals surface area (Å²) < 4.78 is 4.93. The SMILES string of the molecule is c1ccc(CN2CC3CCC(C2)N(Cc2cccc4nonc24)C3)nc1. The van der Waals surface area contributed by atoms with Crippen LogP contribution in [0.15, 0.2) is 47.2 Å². The molecule has 134 valence electrons. The van der Waals surface area contributed by atoms with Gasteiger partial charge in [-0.15, -0.1) is 0 Å². The summed E-state index contributed by atoms with van der Waals surface area (Å²) in [7, 11) is 0. The zero-order valence-electron chi connectivity index (χ0n) is 14.8. The lowest BCUT2D eigenvalue weighted by molar-refractivity contribution is 0.123. The molecule has 3 aliphatic rings. The lowest BCUT2D eigenvalue weighted by Crippen LogP contribution is -2.43. The van der Waals surface area contributed by atoms with Gasteiger partial charge in [-0.05, 0) is 52.8 Å². The molecule has 1 aromatic carbocycles. The summed E-state index contributed by atoms with van der Waals surface area (Å²) in [5.74, 6) is 0.729. The summed E-state index contributed by atoms with van der Waals surface area (Å²) in [4.78, 5) is 9.73. The number of fused-ring (bicyclic) bond motifs is 5. The van der Waals surface area contributed by atoms with E-state index in [-0.39, 0.29) is 0 Å². The molecule has 5 heterocycles. The number of hydrogen-bond donors (Lipinski definition) is 0. The average Bonchev–Trinajstić information content (AvgIpc) is 2.99. The molecule has 6 heteroatoms. The monoisotopic (exact) mass is 349 g/mol. The maximum absolute atomic E-state index is 4.93. The van der Waals surface area contributed by atoms with Crippen molar-refractivity contribution in [1.82, 2.24) is 25.1 Å². The van der Waals surface area contributed by atoms with E-state index >= 15 is 0 Å². The predicted molar refractivity (Wildman–Crippen MR) is 98.2 cm³/mol. The first kappa shape index (κ1) is 15.9. The van der Waals surface area contributed by atoms with Crippen molar-refractivity contribution in [3.63, 3.8) is 0 Å². The summed E-state index contributed by atoms with van der Waals surface area (Å²) in [6.07, 6.45) is 4.49. The van der Waals surface area contributed by atoms with E-state index in [0.29, 0.717) is 6.04 Å². The lowest BCUT2D eigenvalue weighted by Gasteiger charge is -2.36. The fourth-order valence-corrected chi connectivity index (χ4v) is 4.53. The van der Waals surface area contributed by atoms with Crippen molar-refractivity contribution < 1.29 is 4.63 Å². The van der Waals surface area contributed by atoms with Gasteiger partial charge in [0.15, 0.2) is 0 Å². The van der Waals surface area contributed by atoms with Crippen molar-refractivity contribution >= 4 is 11.0 Å². The van der Waals surface area contributed by atoms with Crippen LogP contribution in [0.4, 0.5) is 0 Å². The lowest BCUT2D eigenvalue weighted by atomic mass is 9.94. The van der Waals surface area contributed by atoms with Gasteiger partial charge >= 0.3 is 0 Å². The minimum atomic E-state index is 0.590. The van der Waals surface area contributed by atoms with Gasteiger partial charge in [0.05, 0.1) is 5.69 Å². The molecule has 26 heavy (non-hydrogen) atoms. The van der Waals surface area contributed by atoms with Crippen LogP contribution in [0.5, 0.6) is 0 Å². The first-order chi connectivity index (χ1) is 12.8. The van der Waals surface area contributed by atoms with Crippen LogP contribution in [0.25, 0.3) is 11.0 Å². The highest BCUT2D eigenvalue weighted by atomic mass is 16.6. The second-order valence-corrected chi connectivity index (χ2v) is 7.59. The normalized spacial score (nSPS) is 24.2. The van der Waals surface area contributed by atoms with Gasteiger partial charge in [-0.25, -0.2) is 4.63 Å². The van der Waals surface area contributed by atoms with Crippen molar-refractivity contribution in [3.8, 4) is 0 Å². The molecule has 2 unspecified atom stereocenters. The minimum Gasteiger partial charge on any atom is -0.296 e. The van der Waals surface area contributed by atoms with E-state index in [1.165, 1.54) is 30.6 Å². The van der Waals surface area contributed by atoms with Crippen LogP contribution in [0.1, 0.15) is 24.1 Å². The molecule has 6 nitrogen and oxygen atoms in total. The molecular weight excluding hydrogens is 326 g/mol. The van der Waals surface area contributed by atoms with Gasteiger partial charge in [0, 0.05) is 45.0 Å². The Morgan fingerprint density at radius 2 is 1.96 bits per heavy atom. The third-order valence-electron chi connectivity index (χ3n) is 5.76. The first-order valence-electron chi connectivity index (χ1n) is 9.41. The van der Waals surface area contributed by atoms with E-state index in [0.717, 1.165) is 43.1 Å². The van der Waals surface area contributed by atoms with Gasteiger partial charge in [0.2, 0.25) is 0 Å². The molecule has 3 aliphatic heterocycles. The van der Waals surface area contributed by atoms with Gasteiger partial charge in [0.1, 0.15) is 11.0 Å². The van der Waals surface area contributed by atoms with Gasteiger partial charge in [-0.1, -0.05) is 18.2 Å². The number of benzene rings is 1. The van der Waals surface area contributed by atoms with Crippen LogP contribution in [-0.4, -0.2) is 50.8 Å². The molecule has 0 saturated carbocycles. The highest BCUT2D eigenvalue weighted by Gasteiger charge is 2.35. The van der Waals surface area contributed by atoms with E-state index in [1.54, 1.807) is 0 Å². The maximum Gasteiger partial charge on any atom is 0.139 e. The summed E-state index contributed by atoms with van der Waals surface area (Å²) in [5, 5.41) is 8.09. The zero-order valence-corrected chi connectivity index (χ0v) is 14.8. The molecular formula is C20H23N5O. The van der Waals surface area contributed by atoms with Crippen LogP contribution in [0.3, 0.4) is 0 Å². The Hall–Kier alpha value is -2.31. The molecule has 3 aromatic rings. The highest BCUT2D eigenvalue weighted by molar-refractivity contribution is 5.76. The minimum absolute atomic E-state index is 0.590. The molecule has 0 aliphatic carbocycles. The second kappa shape index (κ2) is 6.78. The molecule has 2 bridgehead atoms. The summed E-state index contributed by atoms with van der Waals surface area (Å²) in [6.45, 7) is 5.30. The Balaban J connectivity index is 1.33. The van der Waals surface area contributed by atoms with E-state index in [1.807, 2.05) is 24.4 Å². The van der Waals surface area contributed by atoms with Crippen molar-refractivity contribution in [2.45, 2.75) is 32.0 Å². The number of piperidine rings is 1. The first-order valence-corrected chi connectivity index (χ1v) is 9.41. The third-order valence-corrected chi connectivity index (χ3v) is 5.76. The molecule has 0 spiro atoms. The molecule has 2 atom stereocenters. The second-order valence-electron chi connectivity index (χ2n) is 7.59. The average molecular weight is 349 g/mol. The maximum atomic E-state index is 4.93. The molecule has 0 N–H and O–H groups in total. The zero-order chi connectivity index (χ0) is 17.3. The van der Waals surface area contributed by atoms with Crippen LogP contribution >= 0.6 is 0 Å². The van der Waals surface area contributed by atoms with Crippen molar-refractivity contribution in [3.05, 3.63) is 53.9 Å². The number of nitrogens with zero attached hydrogens (tertiary/aromatic N) is 5. The van der Waals surface area contributed by atoms with E-state index in [2.05, 4.69) is 43.3 Å². The molecule has 0 radical (unpaired) electrons. The topological polar surface area (TPSA) is 58.3 Å². The molecule has 0 amide bonds. The molecule has 3 saturated heterocycles. The third kappa shape index (κ3) is 3.10. The molecule has 3 fully saturated rings. The van der Waals surface area contributed by atoms with Crippen molar-refractivity contribution in [2.24, 2.45) is 5.92 Å². The van der Waals surface area contributed by atoms with Crippen molar-refractivity contribution in [2.75, 3.05) is 19.6 Å². The van der Waals surface area contributed by atoms with E-state index < -0.39 is 0 Å². The number of rotatable bonds is 4. The van der Waals surface area contributed by atoms with Crippen LogP contribution in [0.2, 0.25) is 0 Å². The summed E-state index contributed by atoms with van der Waals surface area (Å²) in [5.41, 5.74) is 4.13. The van der Waals surface area contributed by atoms with Gasteiger partial charge in [-0.2, -0.15) is 0 Å². The van der Waals surface area contributed by atoms with Crippen LogP contribution in [0, 0.1) is 5.92 Å². The highest BCUT2D eigenvalue weighted by Crippen LogP contribution is 2.30. The van der Waals surface area contributed by atoms with Crippen LogP contribution in [-0.2, 0) is 13.1 Å². The van der Waals surface area contributed by atoms with Gasteiger partial charge in [-0.3, -0.25) is 14.8 Å². The Kier molecular flexibility index (Phi) is 4.15. The van der Waals surface area contributed by atoms with Crippen molar-refractivity contribution in [1.29, 1.82) is 0 Å². The van der Waals surface area contributed by atoms with Crippen LogP contribution < -0.4 is 0 Å². The number of hydrogen-bond acceptors (Lipinski definition) is 6. The number of aromatic nitrogens is 3. The Morgan fingerprint density at radius 3 is 2.88 bits per heavy atom. The molecule has 2 aromatic heterocycles. The standard InChI is InChI=1S/C20H23N5O/c1-2-9-21-17(5-1)13-24-10-15-7-8-18(14-24)25(11-15)12-16-4-3-6-19-20(16)23-26-22-19/h1-6,9,15,18H,7-8,10-14H2. The fourth-order valence-electron chi connectivity index (χ4n) is 4.53. The largest absolute Gasteiger partial charge is 0.296 e. The van der Waals surface area contributed by atoms with E-state index in [4.69, 9.17) is 4.63 Å². The smallest absolute Gasteiger partial charge is 0.139 e. The Labute approximate surface area is 152 Å². The quantitative estimate of drug-likeness (QED) is 0.722. The predicted octanol–water partition coefficient (Wildman–Crippen LogP) is 2.71. The fraction of sp³-hybridized carbons (Fsp3) is 0.450. The van der Waals surface area contributed by atoms with Gasteiger partial charge in [0.25, 0.3) is 0 Å². The number of pyridine rings is 1. The Bertz CT molecular complexity index is 880. The van der Waals surface area contributed by atoms with Gasteiger partial charge < -0.3 is 0 Å². The van der Waals surface area contributed by atoms with E-state index in [9.17, 15) is 0 Å². The summed E-state index contributed by atoms with van der Waals surface area (Å²) >= 11 is 0.